The van der Waals surface area contributed by atoms with E-state index in [0.29, 0.717) is 5.82 Å². The average Bonchev–Trinajstić information content (AvgIpc) is 2.37. The molecule has 0 saturated heterocycles. The average molecular weight is 351 g/mol. The van der Waals surface area contributed by atoms with E-state index in [0.717, 1.165) is 28.3 Å². The number of anilines is 1. The van der Waals surface area contributed by atoms with E-state index in [4.69, 9.17) is 0 Å². The van der Waals surface area contributed by atoms with Crippen LogP contribution in [-0.2, 0) is 0 Å². The molecule has 2 N–H and O–H groups in total. The summed E-state index contributed by atoms with van der Waals surface area (Å²) < 4.78 is 0.855. The van der Waals surface area contributed by atoms with Crippen LogP contribution < -0.4 is 10.6 Å². The van der Waals surface area contributed by atoms with E-state index in [1.54, 1.807) is 12.3 Å². The fourth-order valence-corrected chi connectivity index (χ4v) is 2.51. The number of nitrogens with zero attached hydrogens (tertiary/aromatic N) is 2. The molecule has 0 radical (unpaired) electrons. The molecule has 112 valence electrons. The van der Waals surface area contributed by atoms with Crippen molar-refractivity contribution in [2.75, 3.05) is 5.32 Å². The minimum Gasteiger partial charge on any atom is -0.333 e. The topological polar surface area (TPSA) is 66.9 Å². The van der Waals surface area contributed by atoms with Crippen LogP contribution in [0.5, 0.6) is 0 Å². The van der Waals surface area contributed by atoms with Gasteiger partial charge in [-0.2, -0.15) is 0 Å². The van der Waals surface area contributed by atoms with Crippen LogP contribution in [0.2, 0.25) is 0 Å². The van der Waals surface area contributed by atoms with E-state index in [1.807, 2.05) is 26.0 Å². The van der Waals surface area contributed by atoms with Crippen molar-refractivity contribution in [1.82, 2.24) is 15.3 Å². The number of hydrogen-bond donors (Lipinski definition) is 2. The van der Waals surface area contributed by atoms with Crippen LogP contribution in [0.15, 0.2) is 28.9 Å². The lowest BCUT2D eigenvalue weighted by molar-refractivity contribution is 0.239. The molecule has 2 heterocycles. The Kier molecular flexibility index (Phi) is 4.77. The summed E-state index contributed by atoms with van der Waals surface area (Å²) in [5, 5.41) is 5.71. The molecule has 0 unspecified atom stereocenters. The zero-order chi connectivity index (χ0) is 15.5. The van der Waals surface area contributed by atoms with Crippen molar-refractivity contribution in [1.29, 1.82) is 0 Å². The van der Waals surface area contributed by atoms with E-state index < -0.39 is 0 Å². The van der Waals surface area contributed by atoms with E-state index in [2.05, 4.69) is 43.5 Å². The maximum Gasteiger partial charge on any atom is 0.320 e. The Bertz CT molecular complexity index is 657. The number of rotatable bonds is 4. The molecule has 0 atom stereocenters. The fraction of sp³-hybridized carbons (Fsp3) is 0.400. The summed E-state index contributed by atoms with van der Waals surface area (Å²) >= 11 is 3.36. The van der Waals surface area contributed by atoms with Gasteiger partial charge in [0.2, 0.25) is 0 Å². The van der Waals surface area contributed by atoms with Crippen molar-refractivity contribution >= 4 is 38.8 Å². The number of carbonyl (C=O) groups is 1. The van der Waals surface area contributed by atoms with Gasteiger partial charge in [-0.1, -0.05) is 13.3 Å². The summed E-state index contributed by atoms with van der Waals surface area (Å²) in [7, 11) is 0. The second kappa shape index (κ2) is 6.39. The highest BCUT2D eigenvalue weighted by molar-refractivity contribution is 9.10. The predicted octanol–water partition coefficient (Wildman–Crippen LogP) is 4.09. The lowest BCUT2D eigenvalue weighted by atomic mass is 9.99. The second-order valence-electron chi connectivity index (χ2n) is 5.60. The summed E-state index contributed by atoms with van der Waals surface area (Å²) in [6, 6.07) is 5.20. The molecule has 0 bridgehead atoms. The molecule has 0 aliphatic rings. The lowest BCUT2D eigenvalue weighted by Crippen LogP contribution is -2.45. The van der Waals surface area contributed by atoms with Crippen molar-refractivity contribution in [3.05, 3.63) is 28.9 Å². The Morgan fingerprint density at radius 3 is 2.81 bits per heavy atom. The minimum atomic E-state index is -0.247. The highest BCUT2D eigenvalue weighted by Crippen LogP contribution is 2.18. The maximum absolute atomic E-state index is 12.0. The van der Waals surface area contributed by atoms with Gasteiger partial charge in [0, 0.05) is 16.2 Å². The zero-order valence-corrected chi connectivity index (χ0v) is 14.0. The molecule has 0 saturated carbocycles. The Morgan fingerprint density at radius 1 is 1.33 bits per heavy atom. The van der Waals surface area contributed by atoms with E-state index in [-0.39, 0.29) is 11.6 Å². The smallest absolute Gasteiger partial charge is 0.320 e. The number of hydrogen-bond acceptors (Lipinski definition) is 3. The standard InChI is InChI=1S/C15H19BrN4O/c1-4-7-15(2,3)20-14(21)19-13-6-5-11-12(18-13)8-10(16)9-17-11/h5-6,8-9H,4,7H2,1-3H3,(H2,18,19,20,21). The number of fused-ring (bicyclic) bond motifs is 1. The van der Waals surface area contributed by atoms with Crippen molar-refractivity contribution in [3.63, 3.8) is 0 Å². The first-order chi connectivity index (χ1) is 9.89. The Hall–Kier alpha value is -1.69. The number of carbonyl (C=O) groups excluding carboxylic acids is 1. The van der Waals surface area contributed by atoms with Crippen LogP contribution in [0.25, 0.3) is 11.0 Å². The van der Waals surface area contributed by atoms with Gasteiger partial charge < -0.3 is 5.32 Å². The largest absolute Gasteiger partial charge is 0.333 e. The van der Waals surface area contributed by atoms with Crippen molar-refractivity contribution in [2.24, 2.45) is 0 Å². The highest BCUT2D eigenvalue weighted by Gasteiger charge is 2.19. The number of halogens is 1. The Morgan fingerprint density at radius 2 is 2.10 bits per heavy atom. The van der Waals surface area contributed by atoms with Crippen LogP contribution in [0.1, 0.15) is 33.6 Å². The molecule has 0 aliphatic heterocycles. The molecular weight excluding hydrogens is 332 g/mol. The number of aromatic nitrogens is 2. The number of nitrogens with one attached hydrogen (secondary N) is 2. The maximum atomic E-state index is 12.0. The summed E-state index contributed by atoms with van der Waals surface area (Å²) in [5.41, 5.74) is 1.28. The van der Waals surface area contributed by atoms with Gasteiger partial charge >= 0.3 is 6.03 Å². The summed E-state index contributed by atoms with van der Waals surface area (Å²) in [5.74, 6) is 0.507. The van der Waals surface area contributed by atoms with Gasteiger partial charge in [-0.25, -0.2) is 9.78 Å². The minimum absolute atomic E-state index is 0.236. The summed E-state index contributed by atoms with van der Waals surface area (Å²) in [6.07, 6.45) is 3.65. The first kappa shape index (κ1) is 15.7. The van der Waals surface area contributed by atoms with Gasteiger partial charge in [-0.3, -0.25) is 10.3 Å². The molecule has 5 nitrogen and oxygen atoms in total. The molecule has 0 aliphatic carbocycles. The van der Waals surface area contributed by atoms with Crippen LogP contribution in [0.4, 0.5) is 10.6 Å². The molecule has 2 aromatic rings. The van der Waals surface area contributed by atoms with Crippen LogP contribution in [-0.4, -0.2) is 21.5 Å². The quantitative estimate of drug-likeness (QED) is 0.872. The molecule has 2 amide bonds. The zero-order valence-electron chi connectivity index (χ0n) is 12.4. The highest BCUT2D eigenvalue weighted by atomic mass is 79.9. The van der Waals surface area contributed by atoms with E-state index in [1.165, 1.54) is 0 Å². The van der Waals surface area contributed by atoms with Gasteiger partial charge in [0.1, 0.15) is 5.82 Å². The first-order valence-corrected chi connectivity index (χ1v) is 7.70. The Balaban J connectivity index is 2.10. The van der Waals surface area contributed by atoms with Gasteiger partial charge in [0.25, 0.3) is 0 Å². The Labute approximate surface area is 132 Å². The van der Waals surface area contributed by atoms with Gasteiger partial charge in [0.05, 0.1) is 11.0 Å². The normalized spacial score (nSPS) is 11.4. The monoisotopic (exact) mass is 350 g/mol. The van der Waals surface area contributed by atoms with Crippen LogP contribution >= 0.6 is 15.9 Å². The van der Waals surface area contributed by atoms with Gasteiger partial charge in [-0.15, -0.1) is 0 Å². The predicted molar refractivity (Wildman–Crippen MR) is 88.4 cm³/mol. The fourth-order valence-electron chi connectivity index (χ4n) is 2.19. The molecule has 0 spiro atoms. The molecular formula is C15H19BrN4O. The summed E-state index contributed by atoms with van der Waals surface area (Å²) in [6.45, 7) is 6.10. The van der Waals surface area contributed by atoms with Gasteiger partial charge in [-0.05, 0) is 54.4 Å². The third kappa shape index (κ3) is 4.39. The molecule has 2 aromatic heterocycles. The lowest BCUT2D eigenvalue weighted by Gasteiger charge is -2.25. The van der Waals surface area contributed by atoms with Crippen LogP contribution in [0, 0.1) is 0 Å². The molecule has 0 aromatic carbocycles. The molecule has 2 rings (SSSR count). The third-order valence-corrected chi connectivity index (χ3v) is 3.51. The first-order valence-electron chi connectivity index (χ1n) is 6.91. The second-order valence-corrected chi connectivity index (χ2v) is 6.52. The van der Waals surface area contributed by atoms with Gasteiger partial charge in [0.15, 0.2) is 0 Å². The summed E-state index contributed by atoms with van der Waals surface area (Å²) in [4.78, 5) is 20.7. The van der Waals surface area contributed by atoms with E-state index in [9.17, 15) is 4.79 Å². The number of urea groups is 1. The molecule has 21 heavy (non-hydrogen) atoms. The SMILES string of the molecule is CCCC(C)(C)NC(=O)Nc1ccc2ncc(Br)cc2n1. The third-order valence-electron chi connectivity index (χ3n) is 3.07. The van der Waals surface area contributed by atoms with Crippen molar-refractivity contribution in [2.45, 2.75) is 39.2 Å². The molecule has 0 fully saturated rings. The van der Waals surface area contributed by atoms with E-state index >= 15 is 0 Å². The van der Waals surface area contributed by atoms with Crippen molar-refractivity contribution < 1.29 is 4.79 Å². The van der Waals surface area contributed by atoms with Crippen LogP contribution in [0.3, 0.4) is 0 Å². The number of pyridine rings is 2. The molecule has 6 heteroatoms. The van der Waals surface area contributed by atoms with Crippen molar-refractivity contribution in [3.8, 4) is 0 Å². The number of amides is 2.